The minimum atomic E-state index is -0.307. The molecule has 0 atom stereocenters. The van der Waals surface area contributed by atoms with Gasteiger partial charge in [-0.3, -0.25) is 9.59 Å². The van der Waals surface area contributed by atoms with Gasteiger partial charge < -0.3 is 14.5 Å². The number of hydrogen-bond acceptors (Lipinski definition) is 3. The number of hydrogen-bond donors (Lipinski definition) is 0. The van der Waals surface area contributed by atoms with E-state index in [1.165, 1.54) is 12.1 Å². The van der Waals surface area contributed by atoms with Gasteiger partial charge in [0.1, 0.15) is 17.3 Å². The predicted molar refractivity (Wildman–Crippen MR) is 95.5 cm³/mol. The average Bonchev–Trinajstić information content (AvgIpc) is 2.68. The van der Waals surface area contributed by atoms with Crippen molar-refractivity contribution in [2.24, 2.45) is 0 Å². The van der Waals surface area contributed by atoms with E-state index >= 15 is 0 Å². The van der Waals surface area contributed by atoms with Crippen LogP contribution in [0.5, 0.6) is 11.5 Å². The van der Waals surface area contributed by atoms with Crippen LogP contribution in [-0.4, -0.2) is 48.3 Å². The number of piperazine rings is 1. The molecule has 0 bridgehead atoms. The molecular weight excluding hydrogens is 335 g/mol. The zero-order valence-corrected chi connectivity index (χ0v) is 14.4. The fourth-order valence-electron chi connectivity index (χ4n) is 2.89. The fourth-order valence-corrected chi connectivity index (χ4v) is 2.89. The molecular formula is C20H21FN2O3. The van der Waals surface area contributed by atoms with E-state index < -0.39 is 0 Å². The van der Waals surface area contributed by atoms with Crippen molar-refractivity contribution in [3.05, 3.63) is 59.9 Å². The minimum Gasteiger partial charge on any atom is -0.457 e. The van der Waals surface area contributed by atoms with Crippen LogP contribution in [0.1, 0.15) is 12.0 Å². The highest BCUT2D eigenvalue weighted by molar-refractivity contribution is 5.76. The van der Waals surface area contributed by atoms with Crippen molar-refractivity contribution >= 4 is 12.3 Å². The maximum Gasteiger partial charge on any atom is 0.223 e. The van der Waals surface area contributed by atoms with Gasteiger partial charge in [-0.1, -0.05) is 12.1 Å². The normalized spacial score (nSPS) is 14.2. The van der Waals surface area contributed by atoms with E-state index in [0.717, 1.165) is 12.0 Å². The molecule has 26 heavy (non-hydrogen) atoms. The van der Waals surface area contributed by atoms with Crippen molar-refractivity contribution < 1.29 is 18.7 Å². The van der Waals surface area contributed by atoms with Gasteiger partial charge in [0, 0.05) is 32.6 Å². The number of amides is 2. The highest BCUT2D eigenvalue weighted by Crippen LogP contribution is 2.23. The van der Waals surface area contributed by atoms with Gasteiger partial charge in [-0.15, -0.1) is 0 Å². The maximum atomic E-state index is 12.9. The summed E-state index contributed by atoms with van der Waals surface area (Å²) in [6.45, 7) is 2.36. The Morgan fingerprint density at radius 2 is 1.77 bits per heavy atom. The van der Waals surface area contributed by atoms with Crippen molar-refractivity contribution in [3.8, 4) is 11.5 Å². The van der Waals surface area contributed by atoms with Gasteiger partial charge in [0.05, 0.1) is 0 Å². The van der Waals surface area contributed by atoms with Crippen LogP contribution in [-0.2, 0) is 16.0 Å². The first-order valence-corrected chi connectivity index (χ1v) is 8.63. The molecule has 1 aliphatic rings. The molecule has 0 saturated carbocycles. The molecule has 0 aromatic heterocycles. The highest BCUT2D eigenvalue weighted by Gasteiger charge is 2.19. The number of aryl methyl sites for hydroxylation is 1. The molecule has 0 unspecified atom stereocenters. The van der Waals surface area contributed by atoms with Crippen LogP contribution in [0.3, 0.4) is 0 Å². The predicted octanol–water partition coefficient (Wildman–Crippen LogP) is 2.85. The highest BCUT2D eigenvalue weighted by atomic mass is 19.1. The Kier molecular flexibility index (Phi) is 5.84. The largest absolute Gasteiger partial charge is 0.457 e. The van der Waals surface area contributed by atoms with Crippen molar-refractivity contribution in [2.75, 3.05) is 26.2 Å². The monoisotopic (exact) mass is 356 g/mol. The van der Waals surface area contributed by atoms with Crippen LogP contribution in [0.2, 0.25) is 0 Å². The van der Waals surface area contributed by atoms with Gasteiger partial charge in [-0.2, -0.15) is 0 Å². The molecule has 6 heteroatoms. The van der Waals surface area contributed by atoms with Crippen molar-refractivity contribution in [3.63, 3.8) is 0 Å². The van der Waals surface area contributed by atoms with Gasteiger partial charge in [-0.05, 0) is 48.4 Å². The summed E-state index contributed by atoms with van der Waals surface area (Å²) in [5.74, 6) is 1.01. The third-order valence-corrected chi connectivity index (χ3v) is 4.39. The topological polar surface area (TPSA) is 49.9 Å². The smallest absolute Gasteiger partial charge is 0.223 e. The maximum absolute atomic E-state index is 12.9. The summed E-state index contributed by atoms with van der Waals surface area (Å²) in [6.07, 6.45) is 1.86. The molecule has 2 amide bonds. The summed E-state index contributed by atoms with van der Waals surface area (Å²) in [6, 6.07) is 13.4. The van der Waals surface area contributed by atoms with Crippen molar-refractivity contribution in [1.29, 1.82) is 0 Å². The van der Waals surface area contributed by atoms with Crippen LogP contribution in [0.4, 0.5) is 4.39 Å². The van der Waals surface area contributed by atoms with E-state index in [1.807, 2.05) is 24.3 Å². The molecule has 0 spiro atoms. The van der Waals surface area contributed by atoms with Gasteiger partial charge in [0.15, 0.2) is 0 Å². The summed E-state index contributed by atoms with van der Waals surface area (Å²) in [5.41, 5.74) is 1.00. The third-order valence-electron chi connectivity index (χ3n) is 4.39. The number of ether oxygens (including phenoxy) is 1. The summed E-state index contributed by atoms with van der Waals surface area (Å²) in [7, 11) is 0. The lowest BCUT2D eigenvalue weighted by Gasteiger charge is -2.32. The summed E-state index contributed by atoms with van der Waals surface area (Å²) >= 11 is 0. The van der Waals surface area contributed by atoms with Gasteiger partial charge >= 0.3 is 0 Å². The standard InChI is InChI=1S/C20H21FN2O3/c21-17-5-7-18(8-6-17)26-19-3-1-2-16(14-19)4-9-20(25)23-12-10-22(15-24)11-13-23/h1-3,5-8,14-15H,4,9-13H2. The van der Waals surface area contributed by atoms with E-state index in [2.05, 4.69) is 0 Å². The number of carbonyl (C=O) groups excluding carboxylic acids is 2. The number of benzene rings is 2. The Balaban J connectivity index is 1.53. The Hall–Kier alpha value is -2.89. The molecule has 3 rings (SSSR count). The summed E-state index contributed by atoms with van der Waals surface area (Å²) in [5, 5.41) is 0. The zero-order chi connectivity index (χ0) is 18.4. The summed E-state index contributed by atoms with van der Waals surface area (Å²) in [4.78, 5) is 26.5. The van der Waals surface area contributed by atoms with Crippen LogP contribution >= 0.6 is 0 Å². The SMILES string of the molecule is O=CN1CCN(C(=O)CCc2cccc(Oc3ccc(F)cc3)c2)CC1. The second kappa shape index (κ2) is 8.47. The Morgan fingerprint density at radius 1 is 1.04 bits per heavy atom. The van der Waals surface area contributed by atoms with Crippen LogP contribution in [0.25, 0.3) is 0 Å². The first-order chi connectivity index (χ1) is 12.6. The fraction of sp³-hybridized carbons (Fsp3) is 0.300. The Morgan fingerprint density at radius 3 is 2.46 bits per heavy atom. The van der Waals surface area contributed by atoms with E-state index in [9.17, 15) is 14.0 Å². The molecule has 1 aliphatic heterocycles. The summed E-state index contributed by atoms with van der Waals surface area (Å²) < 4.78 is 18.7. The Bertz CT molecular complexity index is 756. The molecule has 1 heterocycles. The molecule has 2 aromatic rings. The molecule has 0 radical (unpaired) electrons. The zero-order valence-electron chi connectivity index (χ0n) is 14.4. The van der Waals surface area contributed by atoms with E-state index in [-0.39, 0.29) is 11.7 Å². The van der Waals surface area contributed by atoms with Crippen LogP contribution in [0.15, 0.2) is 48.5 Å². The van der Waals surface area contributed by atoms with Crippen molar-refractivity contribution in [2.45, 2.75) is 12.8 Å². The second-order valence-corrected chi connectivity index (χ2v) is 6.23. The van der Waals surface area contributed by atoms with Crippen LogP contribution in [0, 0.1) is 5.82 Å². The van der Waals surface area contributed by atoms with Gasteiger partial charge in [-0.25, -0.2) is 4.39 Å². The molecule has 136 valence electrons. The van der Waals surface area contributed by atoms with Gasteiger partial charge in [0.2, 0.25) is 12.3 Å². The van der Waals surface area contributed by atoms with E-state index in [4.69, 9.17) is 4.74 Å². The number of carbonyl (C=O) groups is 2. The van der Waals surface area contributed by atoms with Crippen molar-refractivity contribution in [1.82, 2.24) is 9.80 Å². The lowest BCUT2D eigenvalue weighted by molar-refractivity contribution is -0.135. The van der Waals surface area contributed by atoms with E-state index in [0.29, 0.717) is 50.5 Å². The van der Waals surface area contributed by atoms with E-state index in [1.54, 1.807) is 21.9 Å². The molecule has 1 saturated heterocycles. The lowest BCUT2D eigenvalue weighted by atomic mass is 10.1. The second-order valence-electron chi connectivity index (χ2n) is 6.23. The number of rotatable bonds is 6. The minimum absolute atomic E-state index is 0.0976. The first-order valence-electron chi connectivity index (χ1n) is 8.63. The number of halogens is 1. The Labute approximate surface area is 152 Å². The van der Waals surface area contributed by atoms with Gasteiger partial charge in [0.25, 0.3) is 0 Å². The lowest BCUT2D eigenvalue weighted by Crippen LogP contribution is -2.48. The first kappa shape index (κ1) is 17.9. The quantitative estimate of drug-likeness (QED) is 0.748. The molecule has 1 fully saturated rings. The average molecular weight is 356 g/mol. The molecule has 2 aromatic carbocycles. The molecule has 5 nitrogen and oxygen atoms in total. The molecule has 0 aliphatic carbocycles. The van der Waals surface area contributed by atoms with Crippen LogP contribution < -0.4 is 4.74 Å². The number of nitrogens with zero attached hydrogens (tertiary/aromatic N) is 2. The third kappa shape index (κ3) is 4.81. The molecule has 0 N–H and O–H groups in total.